The van der Waals surface area contributed by atoms with Crippen LogP contribution in [0.1, 0.15) is 20.8 Å². The van der Waals surface area contributed by atoms with Gasteiger partial charge in [0.2, 0.25) is 6.20 Å². The maximum atomic E-state index is 5.54. The molecule has 0 N–H and O–H groups in total. The van der Waals surface area contributed by atoms with Crippen molar-refractivity contribution in [3.8, 4) is 0 Å². The van der Waals surface area contributed by atoms with Crippen molar-refractivity contribution in [2.45, 2.75) is 26.3 Å². The highest BCUT2D eigenvalue weighted by molar-refractivity contribution is 5.42. The second-order valence-corrected chi connectivity index (χ2v) is 4.74. The van der Waals surface area contributed by atoms with Crippen LogP contribution in [0.25, 0.3) is 0 Å². The number of hydrogen-bond donors (Lipinski definition) is 0. The summed E-state index contributed by atoms with van der Waals surface area (Å²) >= 11 is 0. The van der Waals surface area contributed by atoms with E-state index in [1.165, 1.54) is 0 Å². The molecule has 3 nitrogen and oxygen atoms in total. The average Bonchev–Trinajstić information content (AvgIpc) is 2.55. The Balaban J connectivity index is 2.25. The van der Waals surface area contributed by atoms with Crippen LogP contribution in [-0.4, -0.2) is 0 Å². The van der Waals surface area contributed by atoms with Crippen molar-refractivity contribution in [2.75, 3.05) is 4.90 Å². The summed E-state index contributed by atoms with van der Waals surface area (Å²) in [5.41, 5.74) is 0.0410. The molecule has 0 saturated heterocycles. The Hall–Kier alpha value is -1.77. The van der Waals surface area contributed by atoms with E-state index in [2.05, 4.69) is 25.3 Å². The van der Waals surface area contributed by atoms with Crippen LogP contribution in [0.3, 0.4) is 0 Å². The van der Waals surface area contributed by atoms with Gasteiger partial charge in [-0.2, -0.15) is 4.57 Å². The number of hydrogen-bond acceptors (Lipinski definition) is 2. The Labute approximate surface area is 96.0 Å². The fraction of sp³-hybridized carbons (Fsp3) is 0.308. The number of allylic oxidation sites excluding steroid dienone is 4. The third-order valence-electron chi connectivity index (χ3n) is 2.39. The molecule has 0 unspecified atom stereocenters. The molecule has 2 rings (SSSR count). The first-order valence-corrected chi connectivity index (χ1v) is 5.38. The van der Waals surface area contributed by atoms with E-state index in [4.69, 9.17) is 4.42 Å². The van der Waals surface area contributed by atoms with Crippen LogP contribution >= 0.6 is 0 Å². The molecule has 0 aromatic carbocycles. The molecule has 0 spiro atoms. The molecule has 84 valence electrons. The highest BCUT2D eigenvalue weighted by atomic mass is 16.4. The lowest BCUT2D eigenvalue weighted by Crippen LogP contribution is -2.48. The van der Waals surface area contributed by atoms with E-state index in [0.717, 1.165) is 5.88 Å². The molecule has 0 fully saturated rings. The van der Waals surface area contributed by atoms with Crippen molar-refractivity contribution in [2.24, 2.45) is 0 Å². The molecule has 1 aliphatic heterocycles. The lowest BCUT2D eigenvalue weighted by Gasteiger charge is -2.09. The summed E-state index contributed by atoms with van der Waals surface area (Å²) in [5.74, 6) is 0.811. The second kappa shape index (κ2) is 4.00. The molecular weight excluding hydrogens is 200 g/mol. The quantitative estimate of drug-likeness (QED) is 0.674. The zero-order chi connectivity index (χ0) is 11.6. The second-order valence-electron chi connectivity index (χ2n) is 4.74. The minimum absolute atomic E-state index is 0.0410. The van der Waals surface area contributed by atoms with Crippen LogP contribution < -0.4 is 9.47 Å². The van der Waals surface area contributed by atoms with E-state index >= 15 is 0 Å². The van der Waals surface area contributed by atoms with Gasteiger partial charge in [-0.05, 0) is 12.2 Å². The first-order valence-electron chi connectivity index (χ1n) is 5.38. The fourth-order valence-electron chi connectivity index (χ4n) is 1.38. The van der Waals surface area contributed by atoms with Gasteiger partial charge in [-0.3, -0.25) is 4.90 Å². The van der Waals surface area contributed by atoms with Gasteiger partial charge in [0, 0.05) is 33.2 Å². The molecule has 3 heteroatoms. The number of oxazole rings is 1. The Morgan fingerprint density at radius 3 is 2.19 bits per heavy atom. The Bertz CT molecular complexity index is 431. The van der Waals surface area contributed by atoms with E-state index in [-0.39, 0.29) is 5.54 Å². The highest BCUT2D eigenvalue weighted by Gasteiger charge is 2.25. The summed E-state index contributed by atoms with van der Waals surface area (Å²) in [7, 11) is 0. The molecule has 0 radical (unpaired) electrons. The third kappa shape index (κ3) is 2.24. The van der Waals surface area contributed by atoms with Gasteiger partial charge < -0.3 is 4.42 Å². The van der Waals surface area contributed by atoms with Crippen LogP contribution in [0.15, 0.2) is 53.7 Å². The summed E-state index contributed by atoms with van der Waals surface area (Å²) in [4.78, 5) is 1.95. The maximum Gasteiger partial charge on any atom is 0.336 e. The van der Waals surface area contributed by atoms with Crippen LogP contribution in [0, 0.1) is 0 Å². The van der Waals surface area contributed by atoms with Crippen molar-refractivity contribution in [3.05, 3.63) is 49.3 Å². The Kier molecular flexibility index (Phi) is 2.69. The summed E-state index contributed by atoms with van der Waals surface area (Å²) < 4.78 is 7.60. The van der Waals surface area contributed by atoms with Gasteiger partial charge in [0.05, 0.1) is 0 Å². The number of anilines is 1. The molecule has 0 bridgehead atoms. The topological polar surface area (TPSA) is 20.3 Å². The van der Waals surface area contributed by atoms with Gasteiger partial charge in [-0.1, -0.05) is 12.2 Å². The molecule has 0 atom stereocenters. The van der Waals surface area contributed by atoms with Gasteiger partial charge in [0.15, 0.2) is 5.54 Å². The van der Waals surface area contributed by atoms with Crippen molar-refractivity contribution in [1.82, 2.24) is 0 Å². The van der Waals surface area contributed by atoms with Crippen molar-refractivity contribution < 1.29 is 8.98 Å². The van der Waals surface area contributed by atoms with E-state index in [0.29, 0.717) is 0 Å². The summed E-state index contributed by atoms with van der Waals surface area (Å²) in [5, 5.41) is 0. The van der Waals surface area contributed by atoms with Crippen LogP contribution in [-0.2, 0) is 5.54 Å². The number of aromatic nitrogens is 1. The van der Waals surface area contributed by atoms with Gasteiger partial charge in [-0.15, -0.1) is 0 Å². The van der Waals surface area contributed by atoms with E-state index in [9.17, 15) is 0 Å². The van der Waals surface area contributed by atoms with Gasteiger partial charge in [0.1, 0.15) is 0 Å². The molecule has 2 heterocycles. The minimum atomic E-state index is 0.0410. The number of rotatable bonds is 1. The largest absolute Gasteiger partial charge is 0.387 e. The zero-order valence-electron chi connectivity index (χ0n) is 9.92. The van der Waals surface area contributed by atoms with Gasteiger partial charge in [0.25, 0.3) is 5.88 Å². The maximum absolute atomic E-state index is 5.54. The molecule has 1 aliphatic rings. The van der Waals surface area contributed by atoms with Gasteiger partial charge >= 0.3 is 6.39 Å². The third-order valence-corrected chi connectivity index (χ3v) is 2.39. The van der Waals surface area contributed by atoms with Gasteiger partial charge in [-0.25, -0.2) is 0 Å². The smallest absolute Gasteiger partial charge is 0.336 e. The minimum Gasteiger partial charge on any atom is -0.387 e. The fourth-order valence-corrected chi connectivity index (χ4v) is 1.38. The Morgan fingerprint density at radius 2 is 1.69 bits per heavy atom. The lowest BCUT2D eigenvalue weighted by atomic mass is 10.1. The molecule has 0 amide bonds. The molecule has 0 aliphatic carbocycles. The zero-order valence-corrected chi connectivity index (χ0v) is 9.92. The van der Waals surface area contributed by atoms with Crippen LogP contribution in [0.2, 0.25) is 0 Å². The predicted molar refractivity (Wildman–Crippen MR) is 63.8 cm³/mol. The van der Waals surface area contributed by atoms with Crippen LogP contribution in [0.4, 0.5) is 5.88 Å². The average molecular weight is 217 g/mol. The Morgan fingerprint density at radius 1 is 1.06 bits per heavy atom. The lowest BCUT2D eigenvalue weighted by molar-refractivity contribution is -0.756. The molecule has 16 heavy (non-hydrogen) atoms. The van der Waals surface area contributed by atoms with E-state index in [1.54, 1.807) is 6.39 Å². The normalized spacial score (nSPS) is 15.6. The van der Waals surface area contributed by atoms with Crippen molar-refractivity contribution in [3.63, 3.8) is 0 Å². The monoisotopic (exact) mass is 217 g/mol. The highest BCUT2D eigenvalue weighted by Crippen LogP contribution is 2.16. The summed E-state index contributed by atoms with van der Waals surface area (Å²) in [6.07, 6.45) is 15.6. The predicted octanol–water partition coefficient (Wildman–Crippen LogP) is 2.73. The molecule has 0 saturated carbocycles. The number of nitrogens with zero attached hydrogens (tertiary/aromatic N) is 2. The van der Waals surface area contributed by atoms with Crippen molar-refractivity contribution in [1.29, 1.82) is 0 Å². The molecule has 1 aromatic rings. The summed E-state index contributed by atoms with van der Waals surface area (Å²) in [6, 6.07) is 0. The molecule has 1 aromatic heterocycles. The standard InChI is InChI=1S/C13H17N2O/c1-13(2,3)15-10-12(16-11-15)14-8-6-4-5-7-9-14/h4-11H,1-3H3/q+1. The molecular formula is C13H17N2O+. The van der Waals surface area contributed by atoms with E-state index in [1.807, 2.05) is 47.8 Å². The first-order chi connectivity index (χ1) is 7.57. The van der Waals surface area contributed by atoms with Crippen molar-refractivity contribution >= 4 is 5.88 Å². The van der Waals surface area contributed by atoms with E-state index < -0.39 is 0 Å². The SMILES string of the molecule is CC(C)(C)[n+]1coc(N2C=CC=CC=C2)c1. The first kappa shape index (κ1) is 10.7. The van der Waals surface area contributed by atoms with Crippen LogP contribution in [0.5, 0.6) is 0 Å². The summed E-state index contributed by atoms with van der Waals surface area (Å²) in [6.45, 7) is 6.42.